The van der Waals surface area contributed by atoms with Crippen LogP contribution in [0.1, 0.15) is 30.8 Å². The number of benzene rings is 1. The first-order chi connectivity index (χ1) is 10.5. The van der Waals surface area contributed by atoms with Gasteiger partial charge in [0.25, 0.3) is 5.91 Å². The van der Waals surface area contributed by atoms with E-state index < -0.39 is 17.9 Å². The predicted octanol–water partition coefficient (Wildman–Crippen LogP) is 2.57. The fraction of sp³-hybridized carbons (Fsp3) is 0.312. The summed E-state index contributed by atoms with van der Waals surface area (Å²) in [7, 11) is 0. The summed E-state index contributed by atoms with van der Waals surface area (Å²) >= 11 is 0. The molecule has 116 valence electrons. The molecular weight excluding hydrogens is 284 g/mol. The van der Waals surface area contributed by atoms with Crippen molar-refractivity contribution in [3.63, 3.8) is 0 Å². The van der Waals surface area contributed by atoms with Crippen LogP contribution in [0, 0.1) is 5.92 Å². The number of carbonyl (C=O) groups excluding carboxylic acids is 1. The monoisotopic (exact) mass is 302 g/mol. The van der Waals surface area contributed by atoms with Crippen molar-refractivity contribution in [2.75, 3.05) is 0 Å². The van der Waals surface area contributed by atoms with Crippen LogP contribution in [0.5, 0.6) is 0 Å². The van der Waals surface area contributed by atoms with Crippen LogP contribution in [0.2, 0.25) is 0 Å². The van der Waals surface area contributed by atoms with E-state index in [0.717, 1.165) is 5.56 Å². The van der Waals surface area contributed by atoms with E-state index in [-0.39, 0.29) is 11.7 Å². The second-order valence-corrected chi connectivity index (χ2v) is 5.44. The van der Waals surface area contributed by atoms with Crippen molar-refractivity contribution in [3.8, 4) is 11.3 Å². The third-order valence-electron chi connectivity index (χ3n) is 3.11. The molecule has 1 aromatic heterocycles. The molecule has 1 amide bonds. The van der Waals surface area contributed by atoms with Crippen molar-refractivity contribution in [3.05, 3.63) is 42.2 Å². The smallest absolute Gasteiger partial charge is 0.326 e. The summed E-state index contributed by atoms with van der Waals surface area (Å²) in [6, 6.07) is 9.83. The van der Waals surface area contributed by atoms with E-state index in [1.807, 2.05) is 44.2 Å². The van der Waals surface area contributed by atoms with E-state index in [0.29, 0.717) is 12.1 Å². The SMILES string of the molecule is CC(C)CC(NC(=O)c1cc(-c2ccccc2)no1)C(=O)O. The van der Waals surface area contributed by atoms with Crippen LogP contribution >= 0.6 is 0 Å². The third kappa shape index (κ3) is 3.94. The number of rotatable bonds is 6. The van der Waals surface area contributed by atoms with Crippen molar-refractivity contribution in [1.82, 2.24) is 10.5 Å². The normalized spacial score (nSPS) is 12.1. The second kappa shape index (κ2) is 6.89. The lowest BCUT2D eigenvalue weighted by Gasteiger charge is -2.15. The summed E-state index contributed by atoms with van der Waals surface area (Å²) in [5, 5.41) is 15.4. The van der Waals surface area contributed by atoms with Gasteiger partial charge in [0.1, 0.15) is 11.7 Å². The maximum Gasteiger partial charge on any atom is 0.326 e. The van der Waals surface area contributed by atoms with Crippen molar-refractivity contribution in [2.45, 2.75) is 26.3 Å². The number of carboxylic acid groups (broad SMARTS) is 1. The summed E-state index contributed by atoms with van der Waals surface area (Å²) < 4.78 is 5.01. The Bertz CT molecular complexity index is 649. The molecule has 2 N–H and O–H groups in total. The largest absolute Gasteiger partial charge is 0.480 e. The molecule has 0 aliphatic heterocycles. The number of hydrogen-bond acceptors (Lipinski definition) is 4. The fourth-order valence-electron chi connectivity index (χ4n) is 2.05. The van der Waals surface area contributed by atoms with Crippen LogP contribution in [0.25, 0.3) is 11.3 Å². The van der Waals surface area contributed by atoms with Crippen molar-refractivity contribution in [2.24, 2.45) is 5.92 Å². The van der Waals surface area contributed by atoms with Crippen molar-refractivity contribution < 1.29 is 19.2 Å². The van der Waals surface area contributed by atoms with Gasteiger partial charge in [-0.05, 0) is 12.3 Å². The molecule has 6 heteroatoms. The van der Waals surface area contributed by atoms with Crippen LogP contribution in [0.15, 0.2) is 40.9 Å². The minimum atomic E-state index is -1.06. The minimum Gasteiger partial charge on any atom is -0.480 e. The van der Waals surface area contributed by atoms with E-state index in [9.17, 15) is 9.59 Å². The van der Waals surface area contributed by atoms with E-state index in [2.05, 4.69) is 10.5 Å². The van der Waals surface area contributed by atoms with Crippen LogP contribution in [-0.2, 0) is 4.79 Å². The van der Waals surface area contributed by atoms with Gasteiger partial charge >= 0.3 is 5.97 Å². The minimum absolute atomic E-state index is 0.00569. The molecule has 1 aromatic carbocycles. The van der Waals surface area contributed by atoms with E-state index in [4.69, 9.17) is 9.63 Å². The summed E-state index contributed by atoms with van der Waals surface area (Å²) in [5.41, 5.74) is 1.35. The fourth-order valence-corrected chi connectivity index (χ4v) is 2.05. The number of nitrogens with zero attached hydrogens (tertiary/aromatic N) is 1. The van der Waals surface area contributed by atoms with E-state index >= 15 is 0 Å². The summed E-state index contributed by atoms with van der Waals surface area (Å²) in [6.07, 6.45) is 0.348. The summed E-state index contributed by atoms with van der Waals surface area (Å²) in [6.45, 7) is 3.79. The number of nitrogens with one attached hydrogen (secondary N) is 1. The van der Waals surface area contributed by atoms with Gasteiger partial charge in [-0.25, -0.2) is 4.79 Å². The quantitative estimate of drug-likeness (QED) is 0.855. The highest BCUT2D eigenvalue weighted by Crippen LogP contribution is 2.18. The zero-order chi connectivity index (χ0) is 16.1. The molecule has 0 aliphatic rings. The Kier molecular flexibility index (Phi) is 4.93. The molecule has 0 aliphatic carbocycles. The first-order valence-electron chi connectivity index (χ1n) is 7.03. The van der Waals surface area contributed by atoms with Crippen LogP contribution < -0.4 is 5.32 Å². The molecule has 0 spiro atoms. The Morgan fingerprint density at radius 3 is 2.55 bits per heavy atom. The highest BCUT2D eigenvalue weighted by molar-refractivity contribution is 5.95. The number of hydrogen-bond donors (Lipinski definition) is 2. The Hall–Kier alpha value is -2.63. The van der Waals surface area contributed by atoms with Gasteiger partial charge in [0.15, 0.2) is 0 Å². The summed E-state index contributed by atoms with van der Waals surface area (Å²) in [5.74, 6) is -1.50. The summed E-state index contributed by atoms with van der Waals surface area (Å²) in [4.78, 5) is 23.2. The van der Waals surface area contributed by atoms with E-state index in [1.165, 1.54) is 6.07 Å². The molecular formula is C16H18N2O4. The van der Waals surface area contributed by atoms with Gasteiger partial charge in [-0.15, -0.1) is 0 Å². The molecule has 0 saturated carbocycles. The van der Waals surface area contributed by atoms with Crippen molar-refractivity contribution >= 4 is 11.9 Å². The Labute approximate surface area is 128 Å². The first kappa shape index (κ1) is 15.8. The standard InChI is InChI=1S/C16H18N2O4/c1-10(2)8-13(16(20)21)17-15(19)14-9-12(18-22-14)11-6-4-3-5-7-11/h3-7,9-10,13H,8H2,1-2H3,(H,17,19)(H,20,21). The van der Waals surface area contributed by atoms with Crippen molar-refractivity contribution in [1.29, 1.82) is 0 Å². The zero-order valence-electron chi connectivity index (χ0n) is 12.4. The number of aliphatic carboxylic acids is 1. The highest BCUT2D eigenvalue weighted by Gasteiger charge is 2.23. The Morgan fingerprint density at radius 1 is 1.27 bits per heavy atom. The topological polar surface area (TPSA) is 92.4 Å². The molecule has 1 heterocycles. The molecule has 0 saturated heterocycles. The molecule has 6 nitrogen and oxygen atoms in total. The highest BCUT2D eigenvalue weighted by atomic mass is 16.5. The number of amides is 1. The number of carbonyl (C=O) groups is 2. The number of carboxylic acids is 1. The average Bonchev–Trinajstić information content (AvgIpc) is 2.96. The molecule has 0 fully saturated rings. The lowest BCUT2D eigenvalue weighted by Crippen LogP contribution is -2.41. The van der Waals surface area contributed by atoms with Gasteiger partial charge in [0.05, 0.1) is 0 Å². The van der Waals surface area contributed by atoms with E-state index in [1.54, 1.807) is 0 Å². The molecule has 2 rings (SSSR count). The van der Waals surface area contributed by atoms with Gasteiger partial charge in [-0.2, -0.15) is 0 Å². The molecule has 0 bridgehead atoms. The van der Waals surface area contributed by atoms with Crippen LogP contribution in [0.3, 0.4) is 0 Å². The van der Waals surface area contributed by atoms with Gasteiger partial charge < -0.3 is 14.9 Å². The molecule has 1 unspecified atom stereocenters. The van der Waals surface area contributed by atoms with Gasteiger partial charge in [0.2, 0.25) is 5.76 Å². The average molecular weight is 302 g/mol. The molecule has 1 atom stereocenters. The molecule has 0 radical (unpaired) electrons. The first-order valence-corrected chi connectivity index (χ1v) is 7.03. The van der Waals surface area contributed by atoms with Gasteiger partial charge in [0, 0.05) is 11.6 Å². The Morgan fingerprint density at radius 2 is 1.95 bits per heavy atom. The maximum absolute atomic E-state index is 12.1. The van der Waals surface area contributed by atoms with Gasteiger partial charge in [-0.3, -0.25) is 4.79 Å². The maximum atomic E-state index is 12.1. The second-order valence-electron chi connectivity index (χ2n) is 5.44. The third-order valence-corrected chi connectivity index (χ3v) is 3.11. The molecule has 22 heavy (non-hydrogen) atoms. The number of aromatic nitrogens is 1. The lowest BCUT2D eigenvalue weighted by atomic mass is 10.0. The van der Waals surface area contributed by atoms with Crippen LogP contribution in [-0.4, -0.2) is 28.2 Å². The Balaban J connectivity index is 2.10. The predicted molar refractivity (Wildman–Crippen MR) is 80.3 cm³/mol. The lowest BCUT2D eigenvalue weighted by molar-refractivity contribution is -0.139. The zero-order valence-corrected chi connectivity index (χ0v) is 12.4. The molecule has 2 aromatic rings. The van der Waals surface area contributed by atoms with Crippen LogP contribution in [0.4, 0.5) is 0 Å². The van der Waals surface area contributed by atoms with Gasteiger partial charge in [-0.1, -0.05) is 49.3 Å².